The Labute approximate surface area is 165 Å². The highest BCUT2D eigenvalue weighted by Crippen LogP contribution is 2.41. The van der Waals surface area contributed by atoms with Gasteiger partial charge in [0.25, 0.3) is 5.91 Å². The summed E-state index contributed by atoms with van der Waals surface area (Å²) in [6, 6.07) is 7.18. The molecule has 1 aromatic heterocycles. The van der Waals surface area contributed by atoms with E-state index in [1.54, 1.807) is 18.2 Å². The molecule has 1 atom stereocenters. The van der Waals surface area contributed by atoms with Gasteiger partial charge in [0.15, 0.2) is 5.76 Å². The Morgan fingerprint density at radius 3 is 2.63 bits per heavy atom. The van der Waals surface area contributed by atoms with Crippen LogP contribution in [0.4, 0.5) is 0 Å². The van der Waals surface area contributed by atoms with E-state index >= 15 is 0 Å². The maximum atomic E-state index is 12.8. The number of amides is 1. The molecule has 2 saturated heterocycles. The van der Waals surface area contributed by atoms with Gasteiger partial charge in [0.05, 0.1) is 11.7 Å². The molecular weight excluding hydrogens is 364 g/mol. The first-order valence-electron chi connectivity index (χ1n) is 9.90. The van der Waals surface area contributed by atoms with Crippen molar-refractivity contribution in [1.29, 1.82) is 0 Å². The van der Waals surface area contributed by atoms with Crippen molar-refractivity contribution in [2.24, 2.45) is 0 Å². The van der Waals surface area contributed by atoms with Crippen LogP contribution in [0.5, 0.6) is 0 Å². The van der Waals surface area contributed by atoms with Crippen LogP contribution in [0.25, 0.3) is 11.0 Å². The lowest BCUT2D eigenvalue weighted by molar-refractivity contribution is -0.227. The van der Waals surface area contributed by atoms with E-state index in [1.165, 1.54) is 0 Å². The lowest BCUT2D eigenvalue weighted by atomic mass is 9.80. The summed E-state index contributed by atoms with van der Waals surface area (Å²) < 4.78 is 12.0. The van der Waals surface area contributed by atoms with E-state index in [4.69, 9.17) is 20.8 Å². The monoisotopic (exact) mass is 390 g/mol. The van der Waals surface area contributed by atoms with Gasteiger partial charge in [0.2, 0.25) is 0 Å². The number of likely N-dealkylation sites (tertiary alicyclic amines) is 1. The van der Waals surface area contributed by atoms with Gasteiger partial charge in [-0.3, -0.25) is 4.79 Å². The molecule has 2 aliphatic heterocycles. The minimum Gasteiger partial charge on any atom is -0.451 e. The maximum absolute atomic E-state index is 12.8. The van der Waals surface area contributed by atoms with Crippen molar-refractivity contribution >= 4 is 28.5 Å². The number of piperidine rings is 1. The van der Waals surface area contributed by atoms with E-state index in [0.29, 0.717) is 35.6 Å². The third-order valence-corrected chi connectivity index (χ3v) is 6.26. The molecule has 0 saturated carbocycles. The summed E-state index contributed by atoms with van der Waals surface area (Å²) in [5.41, 5.74) is 0.675. The number of carbonyl (C=O) groups is 1. The number of fused-ring (bicyclic) bond motifs is 1. The SMILES string of the molecule is CCN(CC)CC1CC2(CCN(C(=O)c3cc4cc(Cl)ccc4o3)CC2)O1. The second kappa shape index (κ2) is 7.46. The second-order valence-electron chi connectivity index (χ2n) is 7.70. The molecule has 6 heteroatoms. The topological polar surface area (TPSA) is 45.9 Å². The fourth-order valence-corrected chi connectivity index (χ4v) is 4.53. The molecule has 1 spiro atoms. The minimum atomic E-state index is -0.0452. The van der Waals surface area contributed by atoms with Crippen LogP contribution in [-0.4, -0.2) is 60.1 Å². The quantitative estimate of drug-likeness (QED) is 0.767. The Kier molecular flexibility index (Phi) is 5.19. The van der Waals surface area contributed by atoms with Crippen LogP contribution in [0.2, 0.25) is 5.02 Å². The molecular formula is C21H27ClN2O3. The molecule has 0 bridgehead atoms. The van der Waals surface area contributed by atoms with E-state index in [9.17, 15) is 4.79 Å². The molecule has 146 valence electrons. The Hall–Kier alpha value is -1.56. The highest BCUT2D eigenvalue weighted by molar-refractivity contribution is 6.31. The zero-order valence-corrected chi connectivity index (χ0v) is 16.8. The van der Waals surface area contributed by atoms with Gasteiger partial charge in [0, 0.05) is 36.5 Å². The van der Waals surface area contributed by atoms with Crippen molar-refractivity contribution in [1.82, 2.24) is 9.80 Å². The fraction of sp³-hybridized carbons (Fsp3) is 0.571. The van der Waals surface area contributed by atoms with Crippen LogP contribution in [0, 0.1) is 0 Å². The first kappa shape index (κ1) is 18.8. The molecule has 2 aliphatic rings. The summed E-state index contributed by atoms with van der Waals surface area (Å²) in [7, 11) is 0. The number of nitrogens with zero attached hydrogens (tertiary/aromatic N) is 2. The zero-order chi connectivity index (χ0) is 19.0. The molecule has 3 heterocycles. The van der Waals surface area contributed by atoms with Crippen LogP contribution in [0.15, 0.2) is 28.7 Å². The lowest BCUT2D eigenvalue weighted by Crippen LogP contribution is -2.59. The summed E-state index contributed by atoms with van der Waals surface area (Å²) in [5.74, 6) is 0.341. The van der Waals surface area contributed by atoms with Gasteiger partial charge in [-0.15, -0.1) is 0 Å². The molecule has 0 N–H and O–H groups in total. The van der Waals surface area contributed by atoms with Gasteiger partial charge in [0.1, 0.15) is 5.58 Å². The number of benzene rings is 1. The van der Waals surface area contributed by atoms with Crippen LogP contribution >= 0.6 is 11.6 Å². The summed E-state index contributed by atoms with van der Waals surface area (Å²) in [6.45, 7) is 8.95. The van der Waals surface area contributed by atoms with Crippen LogP contribution in [-0.2, 0) is 4.74 Å². The Morgan fingerprint density at radius 1 is 1.26 bits per heavy atom. The van der Waals surface area contributed by atoms with Crippen molar-refractivity contribution in [3.05, 3.63) is 35.0 Å². The molecule has 2 fully saturated rings. The molecule has 5 nitrogen and oxygen atoms in total. The van der Waals surface area contributed by atoms with Gasteiger partial charge in [-0.2, -0.15) is 0 Å². The number of rotatable bonds is 5. The van der Waals surface area contributed by atoms with Crippen molar-refractivity contribution in [3.8, 4) is 0 Å². The molecule has 27 heavy (non-hydrogen) atoms. The van der Waals surface area contributed by atoms with Gasteiger partial charge in [-0.1, -0.05) is 25.4 Å². The second-order valence-corrected chi connectivity index (χ2v) is 8.13. The fourth-order valence-electron chi connectivity index (χ4n) is 4.35. The molecule has 4 rings (SSSR count). The first-order chi connectivity index (χ1) is 13.0. The summed E-state index contributed by atoms with van der Waals surface area (Å²) in [5, 5.41) is 1.50. The van der Waals surface area contributed by atoms with Crippen molar-refractivity contribution in [3.63, 3.8) is 0 Å². The molecule has 0 aliphatic carbocycles. The van der Waals surface area contributed by atoms with Crippen LogP contribution in [0.1, 0.15) is 43.7 Å². The number of hydrogen-bond acceptors (Lipinski definition) is 4. The molecule has 2 aromatic rings. The smallest absolute Gasteiger partial charge is 0.289 e. The number of carbonyl (C=O) groups excluding carboxylic acids is 1. The van der Waals surface area contributed by atoms with Gasteiger partial charge in [-0.25, -0.2) is 0 Å². The van der Waals surface area contributed by atoms with Crippen molar-refractivity contribution in [2.45, 2.75) is 44.8 Å². The highest BCUT2D eigenvalue weighted by atomic mass is 35.5. The summed E-state index contributed by atoms with van der Waals surface area (Å²) in [4.78, 5) is 17.1. The minimum absolute atomic E-state index is 0.0179. The Morgan fingerprint density at radius 2 is 1.96 bits per heavy atom. The van der Waals surface area contributed by atoms with Gasteiger partial charge in [-0.05, 0) is 50.2 Å². The number of hydrogen-bond donors (Lipinski definition) is 0. The normalized spacial score (nSPS) is 21.8. The number of furan rings is 1. The third-order valence-electron chi connectivity index (χ3n) is 6.02. The maximum Gasteiger partial charge on any atom is 0.289 e. The predicted octanol–water partition coefficient (Wildman–Crippen LogP) is 4.19. The van der Waals surface area contributed by atoms with Crippen LogP contribution < -0.4 is 0 Å². The molecule has 1 aromatic carbocycles. The average molecular weight is 391 g/mol. The van der Waals surface area contributed by atoms with E-state index in [2.05, 4.69) is 18.7 Å². The first-order valence-corrected chi connectivity index (χ1v) is 10.3. The largest absolute Gasteiger partial charge is 0.451 e. The van der Waals surface area contributed by atoms with Crippen molar-refractivity contribution in [2.75, 3.05) is 32.7 Å². The third kappa shape index (κ3) is 3.73. The Bertz CT molecular complexity index is 814. The number of halogens is 1. The Balaban J connectivity index is 1.33. The predicted molar refractivity (Wildman–Crippen MR) is 106 cm³/mol. The van der Waals surface area contributed by atoms with E-state index in [0.717, 1.165) is 44.3 Å². The lowest BCUT2D eigenvalue weighted by Gasteiger charge is -2.52. The average Bonchev–Trinajstić information content (AvgIpc) is 3.07. The van der Waals surface area contributed by atoms with E-state index < -0.39 is 0 Å². The standard InChI is InChI=1S/C21H27ClN2O3/c1-3-23(4-2)14-17-13-21(27-17)7-9-24(10-8-21)20(25)19-12-15-11-16(22)5-6-18(15)26-19/h5-6,11-12,17H,3-4,7-10,13-14H2,1-2H3. The van der Waals surface area contributed by atoms with E-state index in [1.807, 2.05) is 11.0 Å². The molecule has 1 amide bonds. The molecule has 0 radical (unpaired) electrons. The summed E-state index contributed by atoms with van der Waals surface area (Å²) >= 11 is 6.02. The zero-order valence-electron chi connectivity index (χ0n) is 16.0. The van der Waals surface area contributed by atoms with Gasteiger partial charge < -0.3 is 19.0 Å². The highest BCUT2D eigenvalue weighted by Gasteiger charge is 2.48. The number of likely N-dealkylation sites (N-methyl/N-ethyl adjacent to an activating group) is 1. The summed E-state index contributed by atoms with van der Waals surface area (Å²) in [6.07, 6.45) is 3.25. The van der Waals surface area contributed by atoms with Gasteiger partial charge >= 0.3 is 0 Å². The van der Waals surface area contributed by atoms with E-state index in [-0.39, 0.29) is 11.5 Å². The number of ether oxygens (including phenoxy) is 1. The van der Waals surface area contributed by atoms with Crippen LogP contribution in [0.3, 0.4) is 0 Å². The van der Waals surface area contributed by atoms with Crippen molar-refractivity contribution < 1.29 is 13.9 Å². The molecule has 1 unspecified atom stereocenters.